The fourth-order valence-electron chi connectivity index (χ4n) is 4.46. The molecule has 2 N–H and O–H groups in total. The van der Waals surface area contributed by atoms with E-state index >= 15 is 0 Å². The minimum Gasteiger partial charge on any atom is -0.493 e. The number of fused-ring (bicyclic) bond motifs is 1. The smallest absolute Gasteiger partial charge is 0.346 e. The summed E-state index contributed by atoms with van der Waals surface area (Å²) in [5, 5.41) is 9.93. The molecule has 0 fully saturated rings. The number of carbonyl (C=O) groups is 1. The van der Waals surface area contributed by atoms with Crippen molar-refractivity contribution in [3.05, 3.63) is 130 Å². The fraction of sp³-hybridized carbons (Fsp3) is 0.125. The molecule has 0 aliphatic carbocycles. The van der Waals surface area contributed by atoms with Crippen molar-refractivity contribution >= 4 is 5.97 Å². The van der Waals surface area contributed by atoms with Crippen molar-refractivity contribution in [2.75, 3.05) is 7.11 Å². The highest BCUT2D eigenvalue weighted by atomic mass is 19.1. The molecular formula is C32H25FN2O5. The van der Waals surface area contributed by atoms with Crippen LogP contribution in [0.3, 0.4) is 0 Å². The van der Waals surface area contributed by atoms with Gasteiger partial charge in [0.25, 0.3) is 0 Å². The molecular weight excluding hydrogens is 511 g/mol. The summed E-state index contributed by atoms with van der Waals surface area (Å²) in [5.41, 5.74) is 9.70. The van der Waals surface area contributed by atoms with E-state index in [2.05, 4.69) is 6.07 Å². The van der Waals surface area contributed by atoms with Gasteiger partial charge in [0.2, 0.25) is 5.88 Å². The van der Waals surface area contributed by atoms with E-state index in [0.29, 0.717) is 29.4 Å². The van der Waals surface area contributed by atoms with E-state index < -0.39 is 17.7 Å². The number of benzene rings is 4. The predicted octanol–water partition coefficient (Wildman–Crippen LogP) is 6.16. The van der Waals surface area contributed by atoms with Crippen LogP contribution in [-0.2, 0) is 6.61 Å². The van der Waals surface area contributed by atoms with E-state index in [9.17, 15) is 14.4 Å². The topological polar surface area (TPSA) is 104 Å². The second kappa shape index (κ2) is 11.2. The molecule has 1 aliphatic heterocycles. The number of hydrogen-bond donors (Lipinski definition) is 1. The molecule has 0 saturated heterocycles. The molecule has 40 heavy (non-hydrogen) atoms. The normalized spacial score (nSPS) is 14.0. The van der Waals surface area contributed by atoms with E-state index in [1.807, 2.05) is 37.3 Å². The lowest BCUT2D eigenvalue weighted by molar-refractivity contribution is 0.0729. The zero-order valence-corrected chi connectivity index (χ0v) is 21.8. The summed E-state index contributed by atoms with van der Waals surface area (Å²) in [4.78, 5) is 12.5. The molecule has 0 spiro atoms. The van der Waals surface area contributed by atoms with E-state index in [-0.39, 0.29) is 22.8 Å². The van der Waals surface area contributed by atoms with Crippen LogP contribution in [0, 0.1) is 24.1 Å². The van der Waals surface area contributed by atoms with Crippen LogP contribution in [0.5, 0.6) is 23.0 Å². The second-order valence-electron chi connectivity index (χ2n) is 9.18. The molecule has 5 rings (SSSR count). The third-order valence-corrected chi connectivity index (χ3v) is 6.53. The maximum absolute atomic E-state index is 14.0. The molecule has 200 valence electrons. The number of halogens is 1. The molecule has 0 radical (unpaired) electrons. The Kier molecular flexibility index (Phi) is 7.38. The van der Waals surface area contributed by atoms with E-state index in [0.717, 1.165) is 11.1 Å². The van der Waals surface area contributed by atoms with E-state index in [1.165, 1.54) is 29.8 Å². The lowest BCUT2D eigenvalue weighted by Gasteiger charge is -2.27. The molecule has 4 aromatic rings. The van der Waals surface area contributed by atoms with Crippen molar-refractivity contribution in [2.24, 2.45) is 5.73 Å². The number of nitrogens with two attached hydrogens (primary N) is 1. The maximum Gasteiger partial charge on any atom is 0.346 e. The summed E-state index contributed by atoms with van der Waals surface area (Å²) >= 11 is 0. The number of hydrogen-bond acceptors (Lipinski definition) is 7. The largest absolute Gasteiger partial charge is 0.493 e. The van der Waals surface area contributed by atoms with Gasteiger partial charge >= 0.3 is 5.97 Å². The van der Waals surface area contributed by atoms with Crippen molar-refractivity contribution in [1.82, 2.24) is 0 Å². The Bertz CT molecular complexity index is 1660. The lowest BCUT2D eigenvalue weighted by Crippen LogP contribution is -2.21. The Morgan fingerprint density at radius 1 is 1.02 bits per heavy atom. The van der Waals surface area contributed by atoms with Crippen LogP contribution in [0.1, 0.15) is 38.5 Å². The quantitative estimate of drug-likeness (QED) is 0.223. The van der Waals surface area contributed by atoms with Crippen molar-refractivity contribution in [3.63, 3.8) is 0 Å². The number of nitrogens with zero attached hydrogens (tertiary/aromatic N) is 1. The minimum absolute atomic E-state index is 0.0729. The summed E-state index contributed by atoms with van der Waals surface area (Å²) in [6.07, 6.45) is 0. The Balaban J connectivity index is 1.44. The molecule has 8 heteroatoms. The highest BCUT2D eigenvalue weighted by Gasteiger charge is 2.32. The van der Waals surface area contributed by atoms with Gasteiger partial charge in [0.05, 0.1) is 18.6 Å². The van der Waals surface area contributed by atoms with Gasteiger partial charge in [-0.2, -0.15) is 5.26 Å². The van der Waals surface area contributed by atoms with Gasteiger partial charge in [0.15, 0.2) is 11.5 Å². The summed E-state index contributed by atoms with van der Waals surface area (Å²) in [6, 6.07) is 25.9. The van der Waals surface area contributed by atoms with Gasteiger partial charge in [0.1, 0.15) is 35.6 Å². The summed E-state index contributed by atoms with van der Waals surface area (Å²) < 4.78 is 36.8. The zero-order chi connectivity index (χ0) is 28.2. The molecule has 1 unspecified atom stereocenters. The molecule has 0 saturated carbocycles. The van der Waals surface area contributed by atoms with Crippen molar-refractivity contribution < 1.29 is 28.1 Å². The monoisotopic (exact) mass is 536 g/mol. The van der Waals surface area contributed by atoms with Crippen molar-refractivity contribution in [1.29, 1.82) is 5.26 Å². The Labute approximate surface area is 230 Å². The second-order valence-corrected chi connectivity index (χ2v) is 9.18. The van der Waals surface area contributed by atoms with Crippen LogP contribution in [0.2, 0.25) is 0 Å². The zero-order valence-electron chi connectivity index (χ0n) is 21.8. The molecule has 0 bridgehead atoms. The number of rotatable bonds is 7. The third-order valence-electron chi connectivity index (χ3n) is 6.53. The van der Waals surface area contributed by atoms with E-state index in [1.54, 1.807) is 37.4 Å². The average Bonchev–Trinajstić information content (AvgIpc) is 2.96. The van der Waals surface area contributed by atoms with Crippen LogP contribution in [0.25, 0.3) is 0 Å². The molecule has 0 amide bonds. The maximum atomic E-state index is 14.0. The first-order valence-electron chi connectivity index (χ1n) is 12.4. The standard InChI is InChI=1S/C32H25FN2O5/c1-19-7-9-20(10-8-19)18-38-27-14-11-21(15-29(27)37-2)30-24-13-12-22(16-28(24)40-31(35)25(30)17-34)39-32(36)23-5-3-4-6-26(23)33/h3-16,30H,18,35H2,1-2H3. The number of nitriles is 1. The predicted molar refractivity (Wildman–Crippen MR) is 146 cm³/mol. The third kappa shape index (κ3) is 5.31. The number of ether oxygens (including phenoxy) is 4. The number of carbonyl (C=O) groups excluding carboxylic acids is 1. The van der Waals surface area contributed by atoms with Gasteiger partial charge in [-0.1, -0.05) is 54.1 Å². The molecule has 1 heterocycles. The van der Waals surface area contributed by atoms with Crippen molar-refractivity contribution in [3.8, 4) is 29.1 Å². The lowest BCUT2D eigenvalue weighted by atomic mass is 9.83. The van der Waals surface area contributed by atoms with Gasteiger partial charge in [-0.15, -0.1) is 0 Å². The number of aryl methyl sites for hydroxylation is 1. The molecule has 4 aromatic carbocycles. The SMILES string of the molecule is COc1cc(C2C(C#N)=C(N)Oc3cc(OC(=O)c4ccccc4F)ccc32)ccc1OCc1ccc(C)cc1. The fourth-order valence-corrected chi connectivity index (χ4v) is 4.46. The molecule has 1 aliphatic rings. The number of esters is 1. The van der Waals surface area contributed by atoms with Crippen LogP contribution >= 0.6 is 0 Å². The molecule has 0 aromatic heterocycles. The Morgan fingerprint density at radius 2 is 1.80 bits per heavy atom. The Morgan fingerprint density at radius 3 is 2.52 bits per heavy atom. The number of allylic oxidation sites excluding steroid dienone is 1. The minimum atomic E-state index is -0.849. The van der Waals surface area contributed by atoms with Crippen LogP contribution in [0.15, 0.2) is 96.4 Å². The summed E-state index contributed by atoms with van der Waals surface area (Å²) in [7, 11) is 1.54. The van der Waals surface area contributed by atoms with Gasteiger partial charge in [0, 0.05) is 11.6 Å². The van der Waals surface area contributed by atoms with Gasteiger partial charge in [-0.05, 0) is 48.4 Å². The highest BCUT2D eigenvalue weighted by Crippen LogP contribution is 2.45. The average molecular weight is 537 g/mol. The number of methoxy groups -OCH3 is 1. The first-order chi connectivity index (χ1) is 19.4. The van der Waals surface area contributed by atoms with Crippen LogP contribution in [-0.4, -0.2) is 13.1 Å². The highest BCUT2D eigenvalue weighted by molar-refractivity contribution is 5.91. The first-order valence-corrected chi connectivity index (χ1v) is 12.4. The molecule has 7 nitrogen and oxygen atoms in total. The summed E-state index contributed by atoms with van der Waals surface area (Å²) in [5.74, 6) is -0.712. The van der Waals surface area contributed by atoms with Gasteiger partial charge < -0.3 is 24.7 Å². The Hall–Kier alpha value is -5.29. The van der Waals surface area contributed by atoms with Gasteiger partial charge in [-0.3, -0.25) is 0 Å². The van der Waals surface area contributed by atoms with Crippen molar-refractivity contribution in [2.45, 2.75) is 19.4 Å². The van der Waals surface area contributed by atoms with Crippen LogP contribution < -0.4 is 24.7 Å². The molecule has 1 atom stereocenters. The van der Waals surface area contributed by atoms with Gasteiger partial charge in [-0.25, -0.2) is 9.18 Å². The van der Waals surface area contributed by atoms with E-state index in [4.69, 9.17) is 24.7 Å². The first kappa shape index (κ1) is 26.3. The summed E-state index contributed by atoms with van der Waals surface area (Å²) in [6.45, 7) is 2.39. The van der Waals surface area contributed by atoms with Crippen LogP contribution in [0.4, 0.5) is 4.39 Å².